The Labute approximate surface area is 198 Å². The summed E-state index contributed by atoms with van der Waals surface area (Å²) in [6.07, 6.45) is 3.40. The number of hydrogen-bond acceptors (Lipinski definition) is 6. The molecule has 0 aliphatic carbocycles. The van der Waals surface area contributed by atoms with Crippen molar-refractivity contribution in [2.45, 2.75) is 36.5 Å². The number of piperidine rings is 1. The molecule has 0 N–H and O–H groups in total. The first kappa shape index (κ1) is 22.3. The van der Waals surface area contributed by atoms with E-state index in [0.717, 1.165) is 36.2 Å². The first-order valence-electron chi connectivity index (χ1n) is 11.3. The van der Waals surface area contributed by atoms with E-state index in [1.807, 2.05) is 23.1 Å². The summed E-state index contributed by atoms with van der Waals surface area (Å²) in [6, 6.07) is 12.9. The second-order valence-electron chi connectivity index (χ2n) is 8.56. The van der Waals surface area contributed by atoms with E-state index in [2.05, 4.69) is 6.07 Å². The highest BCUT2D eigenvalue weighted by Gasteiger charge is 2.32. The number of methoxy groups -OCH3 is 1. The van der Waals surface area contributed by atoms with Crippen molar-refractivity contribution in [3.63, 3.8) is 0 Å². The third-order valence-corrected chi connectivity index (χ3v) is 9.65. The normalized spacial score (nSPS) is 18.2. The zero-order chi connectivity index (χ0) is 23.0. The second kappa shape index (κ2) is 9.04. The van der Waals surface area contributed by atoms with E-state index >= 15 is 0 Å². The summed E-state index contributed by atoms with van der Waals surface area (Å²) < 4.78 is 34.3. The molecule has 1 amide bonds. The van der Waals surface area contributed by atoms with Crippen molar-refractivity contribution < 1.29 is 17.9 Å². The molecule has 3 heterocycles. The number of sulfonamides is 1. The van der Waals surface area contributed by atoms with Crippen LogP contribution in [0.5, 0.6) is 5.75 Å². The largest absolute Gasteiger partial charge is 0.495 e. The van der Waals surface area contributed by atoms with E-state index in [0.29, 0.717) is 37.7 Å². The van der Waals surface area contributed by atoms with Gasteiger partial charge in [0.15, 0.2) is 0 Å². The molecule has 33 heavy (non-hydrogen) atoms. The Morgan fingerprint density at radius 2 is 1.79 bits per heavy atom. The van der Waals surface area contributed by atoms with Crippen LogP contribution < -0.4 is 4.74 Å². The Kier molecular flexibility index (Phi) is 6.11. The lowest BCUT2D eigenvalue weighted by Crippen LogP contribution is -2.38. The third-order valence-electron chi connectivity index (χ3n) is 6.54. The van der Waals surface area contributed by atoms with Crippen LogP contribution in [0, 0.1) is 0 Å². The fourth-order valence-corrected chi connectivity index (χ4v) is 7.49. The molecule has 1 aromatic heterocycles. The van der Waals surface area contributed by atoms with Gasteiger partial charge in [-0.3, -0.25) is 4.79 Å². The minimum Gasteiger partial charge on any atom is -0.495 e. The summed E-state index contributed by atoms with van der Waals surface area (Å²) in [5.41, 5.74) is 1.41. The van der Waals surface area contributed by atoms with E-state index in [-0.39, 0.29) is 16.6 Å². The summed E-state index contributed by atoms with van der Waals surface area (Å²) in [6.45, 7) is 2.26. The molecule has 2 aliphatic heterocycles. The number of rotatable bonds is 5. The van der Waals surface area contributed by atoms with Gasteiger partial charge in [0, 0.05) is 37.7 Å². The monoisotopic (exact) mass is 485 g/mol. The maximum Gasteiger partial charge on any atom is 0.253 e. The van der Waals surface area contributed by atoms with Crippen molar-refractivity contribution >= 4 is 37.5 Å². The zero-order valence-electron chi connectivity index (χ0n) is 18.6. The maximum absolute atomic E-state index is 13.2. The van der Waals surface area contributed by atoms with Crippen LogP contribution in [0.2, 0.25) is 0 Å². The Morgan fingerprint density at radius 1 is 1.06 bits per heavy atom. The molecule has 0 unspecified atom stereocenters. The predicted molar refractivity (Wildman–Crippen MR) is 128 cm³/mol. The van der Waals surface area contributed by atoms with Gasteiger partial charge in [-0.15, -0.1) is 11.3 Å². The summed E-state index contributed by atoms with van der Waals surface area (Å²) in [5.74, 6) is 0.472. The molecular formula is C24H27N3O4S2. The molecule has 2 aliphatic rings. The Bertz CT molecular complexity index is 1240. The molecule has 0 spiro atoms. The fraction of sp³-hybridized carbons (Fsp3) is 0.417. The SMILES string of the molecule is COc1ccc(C(=O)N2CCC(c3nc4ccccc4s3)CC2)cc1S(=O)(=O)N1CCCC1. The van der Waals surface area contributed by atoms with Gasteiger partial charge in [0.25, 0.3) is 5.91 Å². The summed E-state index contributed by atoms with van der Waals surface area (Å²) in [5, 5.41) is 1.13. The van der Waals surface area contributed by atoms with E-state index in [1.165, 1.54) is 22.2 Å². The molecule has 3 aromatic rings. The van der Waals surface area contributed by atoms with Gasteiger partial charge < -0.3 is 9.64 Å². The van der Waals surface area contributed by atoms with Crippen molar-refractivity contribution in [3.05, 3.63) is 53.0 Å². The number of fused-ring (bicyclic) bond motifs is 1. The average molecular weight is 486 g/mol. The number of aromatic nitrogens is 1. The maximum atomic E-state index is 13.2. The van der Waals surface area contributed by atoms with Crippen LogP contribution in [0.1, 0.15) is 47.0 Å². The number of carbonyl (C=O) groups is 1. The molecule has 9 heteroatoms. The zero-order valence-corrected chi connectivity index (χ0v) is 20.2. The van der Waals surface area contributed by atoms with Gasteiger partial charge in [-0.1, -0.05) is 12.1 Å². The molecule has 0 saturated carbocycles. The number of amides is 1. The van der Waals surface area contributed by atoms with E-state index < -0.39 is 10.0 Å². The number of carbonyl (C=O) groups excluding carboxylic acids is 1. The number of likely N-dealkylation sites (tertiary alicyclic amines) is 1. The molecule has 2 aromatic carbocycles. The van der Waals surface area contributed by atoms with Gasteiger partial charge in [-0.25, -0.2) is 13.4 Å². The summed E-state index contributed by atoms with van der Waals surface area (Å²) >= 11 is 1.73. The number of para-hydroxylation sites is 1. The predicted octanol–water partition coefficient (Wildman–Crippen LogP) is 4.11. The average Bonchev–Trinajstić information content (AvgIpc) is 3.54. The minimum atomic E-state index is -3.70. The van der Waals surface area contributed by atoms with Crippen LogP contribution in [0.25, 0.3) is 10.2 Å². The molecule has 0 atom stereocenters. The third kappa shape index (κ3) is 4.25. The number of nitrogens with zero attached hydrogens (tertiary/aromatic N) is 3. The van der Waals surface area contributed by atoms with Crippen LogP contribution >= 0.6 is 11.3 Å². The van der Waals surface area contributed by atoms with Crippen LogP contribution in [0.15, 0.2) is 47.4 Å². The topological polar surface area (TPSA) is 79.8 Å². The first-order valence-corrected chi connectivity index (χ1v) is 13.6. The lowest BCUT2D eigenvalue weighted by atomic mass is 9.97. The van der Waals surface area contributed by atoms with Gasteiger partial charge in [-0.05, 0) is 56.0 Å². The number of thiazole rings is 1. The van der Waals surface area contributed by atoms with Crippen molar-refractivity contribution in [1.29, 1.82) is 0 Å². The molecule has 7 nitrogen and oxygen atoms in total. The lowest BCUT2D eigenvalue weighted by Gasteiger charge is -2.31. The Hall–Kier alpha value is -2.49. The number of hydrogen-bond donors (Lipinski definition) is 0. The van der Waals surface area contributed by atoms with Crippen molar-refractivity contribution in [2.75, 3.05) is 33.3 Å². The first-order chi connectivity index (χ1) is 16.0. The van der Waals surface area contributed by atoms with Crippen LogP contribution in [-0.4, -0.2) is 61.8 Å². The van der Waals surface area contributed by atoms with Crippen LogP contribution in [0.3, 0.4) is 0 Å². The molecule has 2 fully saturated rings. The second-order valence-corrected chi connectivity index (χ2v) is 11.5. The highest BCUT2D eigenvalue weighted by molar-refractivity contribution is 7.89. The Morgan fingerprint density at radius 3 is 2.48 bits per heavy atom. The molecule has 0 bridgehead atoms. The molecule has 174 valence electrons. The fourth-order valence-electron chi connectivity index (χ4n) is 4.66. The minimum absolute atomic E-state index is 0.0714. The van der Waals surface area contributed by atoms with Crippen LogP contribution in [0.4, 0.5) is 0 Å². The summed E-state index contributed by atoms with van der Waals surface area (Å²) in [4.78, 5) is 19.9. The van der Waals surface area contributed by atoms with Gasteiger partial charge >= 0.3 is 0 Å². The van der Waals surface area contributed by atoms with Gasteiger partial charge in [0.1, 0.15) is 10.6 Å². The highest BCUT2D eigenvalue weighted by atomic mass is 32.2. The Balaban J connectivity index is 1.32. The van der Waals surface area contributed by atoms with Crippen LogP contribution in [-0.2, 0) is 10.0 Å². The van der Waals surface area contributed by atoms with Gasteiger partial charge in [0.05, 0.1) is 22.3 Å². The molecule has 5 rings (SSSR count). The molecule has 2 saturated heterocycles. The smallest absolute Gasteiger partial charge is 0.253 e. The number of benzene rings is 2. The van der Waals surface area contributed by atoms with Gasteiger partial charge in [-0.2, -0.15) is 4.31 Å². The highest BCUT2D eigenvalue weighted by Crippen LogP contribution is 2.35. The summed E-state index contributed by atoms with van der Waals surface area (Å²) in [7, 11) is -2.24. The van der Waals surface area contributed by atoms with Crippen molar-refractivity contribution in [3.8, 4) is 5.75 Å². The molecular weight excluding hydrogens is 458 g/mol. The van der Waals surface area contributed by atoms with Crippen molar-refractivity contribution in [2.24, 2.45) is 0 Å². The lowest BCUT2D eigenvalue weighted by molar-refractivity contribution is 0.0712. The standard InChI is InChI=1S/C24H27N3O4S2/c1-31-20-9-8-18(16-22(20)33(29,30)27-12-4-5-13-27)24(28)26-14-10-17(11-15-26)23-25-19-6-2-3-7-21(19)32-23/h2-3,6-9,16-17H,4-5,10-15H2,1H3. The molecule has 0 radical (unpaired) electrons. The van der Waals surface area contributed by atoms with E-state index in [9.17, 15) is 13.2 Å². The van der Waals surface area contributed by atoms with Gasteiger partial charge in [0.2, 0.25) is 10.0 Å². The van der Waals surface area contributed by atoms with E-state index in [4.69, 9.17) is 9.72 Å². The van der Waals surface area contributed by atoms with E-state index in [1.54, 1.807) is 23.5 Å². The van der Waals surface area contributed by atoms with Crippen molar-refractivity contribution in [1.82, 2.24) is 14.2 Å². The quantitative estimate of drug-likeness (QED) is 0.543. The number of ether oxygens (including phenoxy) is 1.